The Balaban J connectivity index is 1.92. The molecule has 0 bridgehead atoms. The molecule has 1 fully saturated rings. The van der Waals surface area contributed by atoms with E-state index >= 15 is 0 Å². The number of hydrogen-bond acceptors (Lipinski definition) is 5. The fourth-order valence-corrected chi connectivity index (χ4v) is 3.83. The van der Waals surface area contributed by atoms with E-state index in [1.54, 1.807) is 11.1 Å². The molecule has 0 saturated carbocycles. The number of nitrogens with zero attached hydrogens (tertiary/aromatic N) is 1. The largest absolute Gasteiger partial charge is 0.465 e. The molecule has 1 aromatic carbocycles. The third kappa shape index (κ3) is 7.44. The predicted octanol–water partition coefficient (Wildman–Crippen LogP) is 4.60. The predicted molar refractivity (Wildman–Crippen MR) is 113 cm³/mol. The van der Waals surface area contributed by atoms with Crippen LogP contribution in [0.3, 0.4) is 0 Å². The van der Waals surface area contributed by atoms with Gasteiger partial charge in [0.2, 0.25) is 0 Å². The third-order valence-corrected chi connectivity index (χ3v) is 5.75. The molecule has 2 rings (SSSR count). The van der Waals surface area contributed by atoms with Gasteiger partial charge in [-0.3, -0.25) is 9.80 Å². The van der Waals surface area contributed by atoms with Gasteiger partial charge in [-0.2, -0.15) is 0 Å². The number of hydrogen-bond donors (Lipinski definition) is 2. The lowest BCUT2D eigenvalue weighted by Gasteiger charge is -2.30. The Hall–Kier alpha value is -1.09. The molecule has 1 heterocycles. The molecule has 27 heavy (non-hydrogen) atoms. The van der Waals surface area contributed by atoms with Crippen LogP contribution in [-0.4, -0.2) is 41.5 Å². The Morgan fingerprint density at radius 3 is 2.96 bits per heavy atom. The average Bonchev–Trinajstić information content (AvgIpc) is 2.67. The molecule has 0 unspecified atom stereocenters. The topological polar surface area (TPSA) is 53.6 Å². The minimum Gasteiger partial charge on any atom is -0.465 e. The van der Waals surface area contributed by atoms with Crippen molar-refractivity contribution in [2.45, 2.75) is 43.9 Å². The number of thiocarbonyl (C=S) groups is 1. The quantitative estimate of drug-likeness (QED) is 0.269. The molecular weight excluding hydrogens is 409 g/mol. The molecule has 2 N–H and O–H groups in total. The number of benzene rings is 1. The van der Waals surface area contributed by atoms with Gasteiger partial charge < -0.3 is 10.1 Å². The molecule has 1 saturated heterocycles. The summed E-state index contributed by atoms with van der Waals surface area (Å²) in [5, 5.41) is 5.37. The first-order chi connectivity index (χ1) is 13.0. The van der Waals surface area contributed by atoms with E-state index in [4.69, 9.17) is 28.6 Å². The molecular formula is C18H25ClFN3O2S2. The maximum atomic E-state index is 14.2. The van der Waals surface area contributed by atoms with E-state index in [1.165, 1.54) is 17.8 Å². The molecule has 1 aromatic rings. The summed E-state index contributed by atoms with van der Waals surface area (Å²) in [5.41, 5.74) is 3.40. The Kier molecular flexibility index (Phi) is 9.61. The lowest BCUT2D eigenvalue weighted by Crippen LogP contribution is -2.48. The molecule has 0 aromatic heterocycles. The summed E-state index contributed by atoms with van der Waals surface area (Å²) in [4.78, 5) is 12.4. The van der Waals surface area contributed by atoms with Crippen LogP contribution in [0.1, 0.15) is 39.0 Å². The lowest BCUT2D eigenvalue weighted by molar-refractivity contribution is -0.140. The van der Waals surface area contributed by atoms with E-state index < -0.39 is 5.82 Å². The summed E-state index contributed by atoms with van der Waals surface area (Å²) >= 11 is 12.7. The number of carbonyl (C=O) groups excluding carboxylic acids is 1. The average molecular weight is 434 g/mol. The first-order valence-corrected chi connectivity index (χ1v) is 10.9. The van der Waals surface area contributed by atoms with Crippen molar-refractivity contribution in [2.75, 3.05) is 30.8 Å². The number of ether oxygens (including phenoxy) is 1. The monoisotopic (exact) mass is 433 g/mol. The summed E-state index contributed by atoms with van der Waals surface area (Å²) in [5.74, 6) is -0.681. The van der Waals surface area contributed by atoms with Crippen molar-refractivity contribution in [3.05, 3.63) is 23.0 Å². The number of nitrogens with one attached hydrogen (secondary N) is 2. The van der Waals surface area contributed by atoms with Crippen molar-refractivity contribution in [3.63, 3.8) is 0 Å². The standard InChI is InChI=1S/C18H25ClFN3O2S2/c1-2-3-6-9-25-17(24)12-27-16-11-15(14(20)10-13(16)19)22-18(26)23-8-5-4-7-21-23/h10-11,21H,2-9,12H2,1H3,(H,22,26). The highest BCUT2D eigenvalue weighted by atomic mass is 35.5. The normalized spacial score (nSPS) is 14.1. The molecule has 1 aliphatic rings. The van der Waals surface area contributed by atoms with Crippen LogP contribution in [0.2, 0.25) is 5.02 Å². The second-order valence-corrected chi connectivity index (χ2v) is 7.99. The molecule has 0 spiro atoms. The van der Waals surface area contributed by atoms with Crippen molar-refractivity contribution in [2.24, 2.45) is 0 Å². The summed E-state index contributed by atoms with van der Waals surface area (Å²) < 4.78 is 19.4. The van der Waals surface area contributed by atoms with Gasteiger partial charge in [-0.25, -0.2) is 9.82 Å². The molecule has 0 atom stereocenters. The number of carbonyl (C=O) groups is 1. The summed E-state index contributed by atoms with van der Waals surface area (Å²) in [7, 11) is 0. The Morgan fingerprint density at radius 1 is 1.44 bits per heavy atom. The summed E-state index contributed by atoms with van der Waals surface area (Å²) in [6, 6.07) is 2.80. The van der Waals surface area contributed by atoms with Crippen LogP contribution in [0.25, 0.3) is 0 Å². The fraction of sp³-hybridized carbons (Fsp3) is 0.556. The number of thioether (sulfide) groups is 1. The van der Waals surface area contributed by atoms with E-state index in [2.05, 4.69) is 17.7 Å². The van der Waals surface area contributed by atoms with Crippen LogP contribution in [0.4, 0.5) is 10.1 Å². The first-order valence-electron chi connectivity index (χ1n) is 9.10. The molecule has 0 aliphatic carbocycles. The zero-order valence-corrected chi connectivity index (χ0v) is 17.7. The fourth-order valence-electron chi connectivity index (χ4n) is 2.50. The van der Waals surface area contributed by atoms with Crippen LogP contribution in [0, 0.1) is 5.82 Å². The highest BCUT2D eigenvalue weighted by molar-refractivity contribution is 8.00. The highest BCUT2D eigenvalue weighted by Gasteiger charge is 2.16. The number of halogens is 2. The number of rotatable bonds is 8. The van der Waals surface area contributed by atoms with E-state index in [-0.39, 0.29) is 22.4 Å². The molecule has 9 heteroatoms. The highest BCUT2D eigenvalue weighted by Crippen LogP contribution is 2.32. The van der Waals surface area contributed by atoms with Crippen molar-refractivity contribution in [1.82, 2.24) is 10.4 Å². The summed E-state index contributed by atoms with van der Waals surface area (Å²) in [6.45, 7) is 4.13. The molecule has 150 valence electrons. The zero-order valence-electron chi connectivity index (χ0n) is 15.4. The van der Waals surface area contributed by atoms with Crippen LogP contribution < -0.4 is 10.7 Å². The number of esters is 1. The smallest absolute Gasteiger partial charge is 0.316 e. The lowest BCUT2D eigenvalue weighted by atomic mass is 10.3. The minimum absolute atomic E-state index is 0.120. The van der Waals surface area contributed by atoms with E-state index in [0.29, 0.717) is 16.6 Å². The Morgan fingerprint density at radius 2 is 2.26 bits per heavy atom. The Bertz CT molecular complexity index is 658. The first kappa shape index (κ1) is 22.2. The zero-order chi connectivity index (χ0) is 19.6. The Labute approximate surface area is 174 Å². The van der Waals surface area contributed by atoms with Gasteiger partial charge in [0.05, 0.1) is 23.1 Å². The van der Waals surface area contributed by atoms with Crippen LogP contribution in [0.5, 0.6) is 0 Å². The van der Waals surface area contributed by atoms with Crippen LogP contribution >= 0.6 is 35.6 Å². The van der Waals surface area contributed by atoms with E-state index in [9.17, 15) is 9.18 Å². The van der Waals surface area contributed by atoms with Crippen LogP contribution in [0.15, 0.2) is 17.0 Å². The number of anilines is 1. The van der Waals surface area contributed by atoms with Crippen molar-refractivity contribution < 1.29 is 13.9 Å². The molecule has 0 radical (unpaired) electrons. The van der Waals surface area contributed by atoms with Gasteiger partial charge >= 0.3 is 5.97 Å². The van der Waals surface area contributed by atoms with Crippen LogP contribution in [-0.2, 0) is 9.53 Å². The minimum atomic E-state index is -0.495. The van der Waals surface area contributed by atoms with Gasteiger partial charge in [0.1, 0.15) is 5.82 Å². The van der Waals surface area contributed by atoms with Crippen molar-refractivity contribution >= 4 is 52.3 Å². The SMILES string of the molecule is CCCCCOC(=O)CSc1cc(NC(=S)N2CCCCN2)c(F)cc1Cl. The van der Waals surface area contributed by atoms with Crippen molar-refractivity contribution in [1.29, 1.82) is 0 Å². The van der Waals surface area contributed by atoms with Gasteiger partial charge in [0.25, 0.3) is 0 Å². The molecule has 1 aliphatic heterocycles. The third-order valence-electron chi connectivity index (χ3n) is 3.98. The van der Waals surface area contributed by atoms with E-state index in [1.807, 2.05) is 0 Å². The van der Waals surface area contributed by atoms with Crippen molar-refractivity contribution in [3.8, 4) is 0 Å². The van der Waals surface area contributed by atoms with E-state index in [0.717, 1.165) is 45.2 Å². The number of unbranched alkanes of at least 4 members (excludes halogenated alkanes) is 2. The maximum Gasteiger partial charge on any atom is 0.316 e. The number of hydrazine groups is 1. The van der Waals surface area contributed by atoms with Gasteiger partial charge in [-0.15, -0.1) is 11.8 Å². The molecule has 5 nitrogen and oxygen atoms in total. The maximum absolute atomic E-state index is 14.2. The molecule has 0 amide bonds. The second-order valence-electron chi connectivity index (χ2n) is 6.18. The van der Waals surface area contributed by atoms with Gasteiger partial charge in [-0.05, 0) is 43.6 Å². The van der Waals surface area contributed by atoms with Gasteiger partial charge in [0.15, 0.2) is 5.11 Å². The summed E-state index contributed by atoms with van der Waals surface area (Å²) in [6.07, 6.45) is 5.08. The van der Waals surface area contributed by atoms with Gasteiger partial charge in [-0.1, -0.05) is 31.4 Å². The van der Waals surface area contributed by atoms with Gasteiger partial charge in [0, 0.05) is 18.0 Å². The second kappa shape index (κ2) is 11.7.